The molecule has 0 unspecified atom stereocenters. The Kier molecular flexibility index (Phi) is 5.93. The molecule has 6 nitrogen and oxygen atoms in total. The maximum Gasteiger partial charge on any atom is 0.253 e. The van der Waals surface area contributed by atoms with Crippen molar-refractivity contribution in [2.45, 2.75) is 46.0 Å². The number of benzene rings is 1. The summed E-state index contributed by atoms with van der Waals surface area (Å²) in [5.41, 5.74) is 3.73. The molecule has 6 heteroatoms. The Morgan fingerprint density at radius 3 is 2.33 bits per heavy atom. The monoisotopic (exact) mass is 408 g/mol. The molecule has 1 aromatic carbocycles. The van der Waals surface area contributed by atoms with Gasteiger partial charge in [-0.05, 0) is 75.8 Å². The molecule has 2 fully saturated rings. The van der Waals surface area contributed by atoms with Crippen LogP contribution < -0.4 is 0 Å². The molecule has 30 heavy (non-hydrogen) atoms. The summed E-state index contributed by atoms with van der Waals surface area (Å²) in [6.07, 6.45) is 5.06. The Hall–Kier alpha value is -2.63. The quantitative estimate of drug-likeness (QED) is 0.780. The minimum absolute atomic E-state index is 0.0812. The predicted molar refractivity (Wildman–Crippen MR) is 117 cm³/mol. The maximum absolute atomic E-state index is 13.0. The highest BCUT2D eigenvalue weighted by atomic mass is 16.2. The summed E-state index contributed by atoms with van der Waals surface area (Å²) < 4.78 is 1.90. The second-order valence-corrected chi connectivity index (χ2v) is 8.88. The third-order valence-corrected chi connectivity index (χ3v) is 6.72. The van der Waals surface area contributed by atoms with Crippen LogP contribution in [0.15, 0.2) is 30.3 Å². The normalized spacial score (nSPS) is 21.0. The van der Waals surface area contributed by atoms with Gasteiger partial charge in [0.15, 0.2) is 0 Å². The lowest BCUT2D eigenvalue weighted by Gasteiger charge is -2.36. The molecule has 160 valence electrons. The van der Waals surface area contributed by atoms with Crippen LogP contribution >= 0.6 is 0 Å². The first-order chi connectivity index (χ1) is 14.4. The number of aromatic nitrogens is 2. The number of amides is 2. The molecule has 2 aliphatic rings. The fourth-order valence-electron chi connectivity index (χ4n) is 4.99. The van der Waals surface area contributed by atoms with Gasteiger partial charge in [0, 0.05) is 43.9 Å². The van der Waals surface area contributed by atoms with Gasteiger partial charge in [0.25, 0.3) is 5.91 Å². The Bertz CT molecular complexity index is 910. The van der Waals surface area contributed by atoms with E-state index < -0.39 is 0 Å². The van der Waals surface area contributed by atoms with Gasteiger partial charge in [0.05, 0.1) is 11.4 Å². The molecule has 2 saturated heterocycles. The first-order valence-electron chi connectivity index (χ1n) is 11.1. The smallest absolute Gasteiger partial charge is 0.253 e. The molecule has 2 aromatic rings. The summed E-state index contributed by atoms with van der Waals surface area (Å²) in [5, 5.41) is 4.51. The van der Waals surface area contributed by atoms with Gasteiger partial charge in [-0.1, -0.05) is 6.42 Å². The Balaban J connectivity index is 1.38. The van der Waals surface area contributed by atoms with Crippen molar-refractivity contribution in [1.82, 2.24) is 19.6 Å². The fraction of sp³-hybridized carbons (Fsp3) is 0.542. The lowest BCUT2D eigenvalue weighted by atomic mass is 9.81. The number of aryl methyl sites for hydroxylation is 2. The molecule has 0 spiro atoms. The molecule has 0 N–H and O–H groups in total. The Labute approximate surface area is 178 Å². The second kappa shape index (κ2) is 8.62. The van der Waals surface area contributed by atoms with Gasteiger partial charge in [-0.3, -0.25) is 9.59 Å². The topological polar surface area (TPSA) is 58.4 Å². The van der Waals surface area contributed by atoms with Gasteiger partial charge >= 0.3 is 0 Å². The summed E-state index contributed by atoms with van der Waals surface area (Å²) >= 11 is 0. The fourth-order valence-corrected chi connectivity index (χ4v) is 4.99. The van der Waals surface area contributed by atoms with E-state index in [9.17, 15) is 9.59 Å². The third kappa shape index (κ3) is 4.13. The van der Waals surface area contributed by atoms with Crippen LogP contribution in [0.1, 0.15) is 53.8 Å². The molecule has 1 atom stereocenters. The summed E-state index contributed by atoms with van der Waals surface area (Å²) in [5.74, 6) is 0.917. The molecular formula is C24H32N4O2. The lowest BCUT2D eigenvalue weighted by Crippen LogP contribution is -2.43. The number of hydrogen-bond acceptors (Lipinski definition) is 3. The molecule has 0 saturated carbocycles. The minimum atomic E-state index is 0.0812. The molecule has 3 heterocycles. The number of carbonyl (C=O) groups is 2. The van der Waals surface area contributed by atoms with Crippen LogP contribution in [0.5, 0.6) is 0 Å². The minimum Gasteiger partial charge on any atom is -0.346 e. The molecule has 0 bridgehead atoms. The number of carbonyl (C=O) groups excluding carboxylic acids is 2. The van der Waals surface area contributed by atoms with Gasteiger partial charge in [-0.25, -0.2) is 4.68 Å². The molecule has 4 rings (SSSR count). The van der Waals surface area contributed by atoms with E-state index in [2.05, 4.69) is 5.10 Å². The van der Waals surface area contributed by atoms with Gasteiger partial charge < -0.3 is 9.80 Å². The number of piperidine rings is 1. The predicted octanol–water partition coefficient (Wildman–Crippen LogP) is 3.60. The van der Waals surface area contributed by atoms with Gasteiger partial charge in [0.1, 0.15) is 0 Å². The summed E-state index contributed by atoms with van der Waals surface area (Å²) in [6.45, 7) is 6.35. The zero-order chi connectivity index (χ0) is 21.3. The maximum atomic E-state index is 13.0. The molecule has 1 aromatic heterocycles. The van der Waals surface area contributed by atoms with E-state index in [1.165, 1.54) is 0 Å². The van der Waals surface area contributed by atoms with Crippen molar-refractivity contribution in [2.24, 2.45) is 11.8 Å². The average Bonchev–Trinajstić information content (AvgIpc) is 3.01. The standard InChI is InChI=1S/C24H32N4O2/c1-17-16-18(2)28(25-17)21-9-7-20(8-10-21)23(29)27-14-11-19(12-15-27)22-6-4-5-13-26(3)24(22)30/h7-10,16,19,22H,4-6,11-15H2,1-3H3/t22-/m1/s1. The van der Waals surface area contributed by atoms with E-state index in [1.807, 2.05) is 65.7 Å². The van der Waals surface area contributed by atoms with Crippen LogP contribution in [0.4, 0.5) is 0 Å². The van der Waals surface area contributed by atoms with E-state index in [-0.39, 0.29) is 11.8 Å². The highest BCUT2D eigenvalue weighted by Gasteiger charge is 2.35. The van der Waals surface area contributed by atoms with E-state index in [4.69, 9.17) is 0 Å². The molecule has 2 aliphatic heterocycles. The van der Waals surface area contributed by atoms with Crippen LogP contribution in [0.25, 0.3) is 5.69 Å². The zero-order valence-electron chi connectivity index (χ0n) is 18.3. The van der Waals surface area contributed by atoms with Crippen LogP contribution in [-0.4, -0.2) is 58.1 Å². The lowest BCUT2D eigenvalue weighted by molar-refractivity contribution is -0.135. The summed E-state index contributed by atoms with van der Waals surface area (Å²) in [4.78, 5) is 29.5. The first-order valence-corrected chi connectivity index (χ1v) is 11.1. The second-order valence-electron chi connectivity index (χ2n) is 8.88. The van der Waals surface area contributed by atoms with Crippen molar-refractivity contribution < 1.29 is 9.59 Å². The molecule has 0 aliphatic carbocycles. The Morgan fingerprint density at radius 2 is 1.70 bits per heavy atom. The van der Waals surface area contributed by atoms with Gasteiger partial charge in [-0.2, -0.15) is 5.10 Å². The van der Waals surface area contributed by atoms with Crippen molar-refractivity contribution in [2.75, 3.05) is 26.7 Å². The van der Waals surface area contributed by atoms with Crippen LogP contribution in [-0.2, 0) is 4.79 Å². The molecule has 0 radical (unpaired) electrons. The number of hydrogen-bond donors (Lipinski definition) is 0. The van der Waals surface area contributed by atoms with Gasteiger partial charge in [-0.15, -0.1) is 0 Å². The Morgan fingerprint density at radius 1 is 1.00 bits per heavy atom. The number of rotatable bonds is 3. The highest BCUT2D eigenvalue weighted by molar-refractivity contribution is 5.94. The number of nitrogens with zero attached hydrogens (tertiary/aromatic N) is 4. The number of likely N-dealkylation sites (tertiary alicyclic amines) is 2. The molecule has 2 amide bonds. The van der Waals surface area contributed by atoms with E-state index in [0.717, 1.165) is 68.8 Å². The van der Waals surface area contributed by atoms with Crippen LogP contribution in [0.2, 0.25) is 0 Å². The zero-order valence-corrected chi connectivity index (χ0v) is 18.3. The molecular weight excluding hydrogens is 376 g/mol. The van der Waals surface area contributed by atoms with Crippen molar-refractivity contribution in [3.63, 3.8) is 0 Å². The van der Waals surface area contributed by atoms with E-state index >= 15 is 0 Å². The largest absolute Gasteiger partial charge is 0.346 e. The van der Waals surface area contributed by atoms with E-state index in [1.54, 1.807) is 0 Å². The van der Waals surface area contributed by atoms with Crippen LogP contribution in [0, 0.1) is 25.7 Å². The summed E-state index contributed by atoms with van der Waals surface area (Å²) in [6, 6.07) is 9.74. The third-order valence-electron chi connectivity index (χ3n) is 6.72. The highest BCUT2D eigenvalue weighted by Crippen LogP contribution is 2.32. The van der Waals surface area contributed by atoms with Crippen molar-refractivity contribution in [3.05, 3.63) is 47.3 Å². The van der Waals surface area contributed by atoms with Crippen molar-refractivity contribution in [1.29, 1.82) is 0 Å². The van der Waals surface area contributed by atoms with Crippen LogP contribution in [0.3, 0.4) is 0 Å². The van der Waals surface area contributed by atoms with Crippen molar-refractivity contribution in [3.8, 4) is 5.69 Å². The van der Waals surface area contributed by atoms with E-state index in [0.29, 0.717) is 17.4 Å². The van der Waals surface area contributed by atoms with Gasteiger partial charge in [0.2, 0.25) is 5.91 Å². The first kappa shape index (κ1) is 20.6. The average molecular weight is 409 g/mol. The SMILES string of the molecule is Cc1cc(C)n(-c2ccc(C(=O)N3CCC([C@H]4CCCCN(C)C4=O)CC3)cc2)n1. The van der Waals surface area contributed by atoms with Crippen molar-refractivity contribution >= 4 is 11.8 Å². The summed E-state index contributed by atoms with van der Waals surface area (Å²) in [7, 11) is 1.93.